The number of carbonyl (C=O) groups excluding carboxylic acids is 1. The standard InChI is InChI=1S/C14H20N2O/c1-9-5-4-6-12(7-9)14(17)13-8-10(2)15-16-11(13)3/h8-9,12H,4-7H2,1-3H3. The van der Waals surface area contributed by atoms with Gasteiger partial charge in [-0.2, -0.15) is 10.2 Å². The molecule has 2 rings (SSSR count). The summed E-state index contributed by atoms with van der Waals surface area (Å²) in [6.07, 6.45) is 4.49. The molecule has 0 saturated heterocycles. The molecule has 0 bridgehead atoms. The number of hydrogen-bond donors (Lipinski definition) is 0. The van der Waals surface area contributed by atoms with Crippen LogP contribution < -0.4 is 0 Å². The fourth-order valence-corrected chi connectivity index (χ4v) is 2.69. The van der Waals surface area contributed by atoms with Crippen LogP contribution in [-0.2, 0) is 0 Å². The molecule has 0 amide bonds. The zero-order valence-corrected chi connectivity index (χ0v) is 10.9. The molecular weight excluding hydrogens is 212 g/mol. The summed E-state index contributed by atoms with van der Waals surface area (Å²) < 4.78 is 0. The molecule has 0 aliphatic heterocycles. The monoisotopic (exact) mass is 232 g/mol. The Morgan fingerprint density at radius 3 is 2.76 bits per heavy atom. The minimum absolute atomic E-state index is 0.195. The Kier molecular flexibility index (Phi) is 3.55. The van der Waals surface area contributed by atoms with Gasteiger partial charge in [0.15, 0.2) is 5.78 Å². The van der Waals surface area contributed by atoms with Crippen molar-refractivity contribution in [3.8, 4) is 0 Å². The van der Waals surface area contributed by atoms with Crippen molar-refractivity contribution in [2.45, 2.75) is 46.5 Å². The zero-order chi connectivity index (χ0) is 12.4. The van der Waals surface area contributed by atoms with Crippen LogP contribution in [0.15, 0.2) is 6.07 Å². The van der Waals surface area contributed by atoms with Crippen LogP contribution in [0.5, 0.6) is 0 Å². The second kappa shape index (κ2) is 4.94. The lowest BCUT2D eigenvalue weighted by atomic mass is 9.78. The Labute approximate surface area is 103 Å². The van der Waals surface area contributed by atoms with Crippen LogP contribution in [0.3, 0.4) is 0 Å². The number of aromatic nitrogens is 2. The number of rotatable bonds is 2. The van der Waals surface area contributed by atoms with Gasteiger partial charge in [-0.25, -0.2) is 0 Å². The van der Waals surface area contributed by atoms with Gasteiger partial charge in [-0.05, 0) is 38.7 Å². The maximum absolute atomic E-state index is 12.5. The van der Waals surface area contributed by atoms with Crippen molar-refractivity contribution in [2.24, 2.45) is 11.8 Å². The van der Waals surface area contributed by atoms with Crippen molar-refractivity contribution in [3.05, 3.63) is 23.0 Å². The summed E-state index contributed by atoms with van der Waals surface area (Å²) in [6.45, 7) is 5.99. The van der Waals surface area contributed by atoms with E-state index in [2.05, 4.69) is 17.1 Å². The van der Waals surface area contributed by atoms with Crippen molar-refractivity contribution in [3.63, 3.8) is 0 Å². The summed E-state index contributed by atoms with van der Waals surface area (Å²) in [4.78, 5) is 12.5. The first kappa shape index (κ1) is 12.2. The van der Waals surface area contributed by atoms with Gasteiger partial charge in [0.05, 0.1) is 11.4 Å². The van der Waals surface area contributed by atoms with Crippen LogP contribution >= 0.6 is 0 Å². The highest BCUT2D eigenvalue weighted by Crippen LogP contribution is 2.31. The van der Waals surface area contributed by atoms with E-state index in [-0.39, 0.29) is 11.7 Å². The third-order valence-electron chi connectivity index (χ3n) is 3.67. The molecule has 1 aromatic rings. The van der Waals surface area contributed by atoms with Gasteiger partial charge in [-0.3, -0.25) is 4.79 Å². The Morgan fingerprint density at radius 1 is 1.29 bits per heavy atom. The van der Waals surface area contributed by atoms with E-state index in [1.165, 1.54) is 12.8 Å². The SMILES string of the molecule is Cc1cc(C(=O)C2CCCC(C)C2)c(C)nn1. The van der Waals surface area contributed by atoms with Crippen LogP contribution in [0.1, 0.15) is 54.4 Å². The maximum Gasteiger partial charge on any atom is 0.167 e. The third kappa shape index (κ3) is 2.71. The molecule has 3 nitrogen and oxygen atoms in total. The number of Topliss-reactive ketones (excluding diaryl/α,β-unsaturated/α-hetero) is 1. The summed E-state index contributed by atoms with van der Waals surface area (Å²) in [6, 6.07) is 1.88. The number of carbonyl (C=O) groups is 1. The lowest BCUT2D eigenvalue weighted by molar-refractivity contribution is 0.0867. The molecule has 0 aromatic carbocycles. The highest BCUT2D eigenvalue weighted by atomic mass is 16.1. The average molecular weight is 232 g/mol. The topological polar surface area (TPSA) is 42.9 Å². The third-order valence-corrected chi connectivity index (χ3v) is 3.67. The Bertz CT molecular complexity index is 428. The maximum atomic E-state index is 12.5. The second-order valence-corrected chi connectivity index (χ2v) is 5.32. The van der Waals surface area contributed by atoms with Crippen molar-refractivity contribution < 1.29 is 4.79 Å². The first-order valence-electron chi connectivity index (χ1n) is 6.43. The van der Waals surface area contributed by atoms with E-state index in [4.69, 9.17) is 0 Å². The molecule has 0 N–H and O–H groups in total. The average Bonchev–Trinajstić information content (AvgIpc) is 2.31. The van der Waals surface area contributed by atoms with Gasteiger partial charge in [0.1, 0.15) is 0 Å². The number of nitrogens with zero attached hydrogens (tertiary/aromatic N) is 2. The molecule has 17 heavy (non-hydrogen) atoms. The molecule has 1 saturated carbocycles. The number of hydrogen-bond acceptors (Lipinski definition) is 3. The first-order chi connectivity index (χ1) is 8.08. The number of aryl methyl sites for hydroxylation is 2. The van der Waals surface area contributed by atoms with Gasteiger partial charge < -0.3 is 0 Å². The van der Waals surface area contributed by atoms with Crippen LogP contribution in [0.25, 0.3) is 0 Å². The van der Waals surface area contributed by atoms with Crippen molar-refractivity contribution in [1.82, 2.24) is 10.2 Å². The first-order valence-corrected chi connectivity index (χ1v) is 6.43. The molecule has 1 heterocycles. The fraction of sp³-hybridized carbons (Fsp3) is 0.643. The van der Waals surface area contributed by atoms with Gasteiger partial charge >= 0.3 is 0 Å². The predicted molar refractivity (Wildman–Crippen MR) is 67.0 cm³/mol. The van der Waals surface area contributed by atoms with Crippen molar-refractivity contribution in [2.75, 3.05) is 0 Å². The number of ketones is 1. The van der Waals surface area contributed by atoms with Crippen LogP contribution in [0.2, 0.25) is 0 Å². The highest BCUT2D eigenvalue weighted by molar-refractivity contribution is 5.98. The molecule has 1 aliphatic carbocycles. The fourth-order valence-electron chi connectivity index (χ4n) is 2.69. The minimum atomic E-state index is 0.195. The van der Waals surface area contributed by atoms with E-state index >= 15 is 0 Å². The molecule has 1 aromatic heterocycles. The Balaban J connectivity index is 2.21. The van der Waals surface area contributed by atoms with Crippen molar-refractivity contribution >= 4 is 5.78 Å². The lowest BCUT2D eigenvalue weighted by Gasteiger charge is -2.25. The Hall–Kier alpha value is -1.25. The van der Waals surface area contributed by atoms with E-state index in [0.717, 1.165) is 29.8 Å². The minimum Gasteiger partial charge on any atom is -0.294 e. The molecule has 0 radical (unpaired) electrons. The summed E-state index contributed by atoms with van der Waals surface area (Å²) in [5.74, 6) is 1.14. The molecule has 2 unspecified atom stereocenters. The lowest BCUT2D eigenvalue weighted by Crippen LogP contribution is -2.23. The summed E-state index contributed by atoms with van der Waals surface area (Å²) >= 11 is 0. The summed E-state index contributed by atoms with van der Waals surface area (Å²) in [5, 5.41) is 8.02. The molecule has 0 spiro atoms. The van der Waals surface area contributed by atoms with E-state index < -0.39 is 0 Å². The molecular formula is C14H20N2O. The predicted octanol–water partition coefficient (Wildman–Crippen LogP) is 3.10. The molecule has 92 valence electrons. The van der Waals surface area contributed by atoms with Crippen molar-refractivity contribution in [1.29, 1.82) is 0 Å². The van der Waals surface area contributed by atoms with E-state index in [1.54, 1.807) is 0 Å². The molecule has 1 fully saturated rings. The van der Waals surface area contributed by atoms with E-state index in [9.17, 15) is 4.79 Å². The molecule has 3 heteroatoms. The summed E-state index contributed by atoms with van der Waals surface area (Å²) in [7, 11) is 0. The molecule has 2 atom stereocenters. The van der Waals surface area contributed by atoms with Gasteiger partial charge in [-0.1, -0.05) is 19.8 Å². The largest absolute Gasteiger partial charge is 0.294 e. The van der Waals surface area contributed by atoms with Gasteiger partial charge in [0.2, 0.25) is 0 Å². The van der Waals surface area contributed by atoms with E-state index in [0.29, 0.717) is 5.92 Å². The zero-order valence-electron chi connectivity index (χ0n) is 10.9. The van der Waals surface area contributed by atoms with E-state index in [1.807, 2.05) is 19.9 Å². The van der Waals surface area contributed by atoms with Crippen LogP contribution in [0.4, 0.5) is 0 Å². The van der Waals surface area contributed by atoms with Crippen LogP contribution in [0, 0.1) is 25.7 Å². The Morgan fingerprint density at radius 2 is 2.06 bits per heavy atom. The quantitative estimate of drug-likeness (QED) is 0.736. The molecule has 1 aliphatic rings. The normalized spacial score (nSPS) is 24.6. The summed E-state index contributed by atoms with van der Waals surface area (Å²) in [5.41, 5.74) is 2.36. The highest BCUT2D eigenvalue weighted by Gasteiger charge is 2.27. The van der Waals surface area contributed by atoms with Gasteiger partial charge in [-0.15, -0.1) is 0 Å². The van der Waals surface area contributed by atoms with Gasteiger partial charge in [0.25, 0.3) is 0 Å². The van der Waals surface area contributed by atoms with Gasteiger partial charge in [0, 0.05) is 11.5 Å². The van der Waals surface area contributed by atoms with Crippen LogP contribution in [-0.4, -0.2) is 16.0 Å². The second-order valence-electron chi connectivity index (χ2n) is 5.32. The smallest absolute Gasteiger partial charge is 0.167 e.